The quantitative estimate of drug-likeness (QED) is 0.572. The first-order valence-corrected chi connectivity index (χ1v) is 10.9. The molecule has 1 N–H and O–H groups in total. The second kappa shape index (κ2) is 8.19. The standard InChI is InChI=1S/C21H21BrN2O3S/c1-2-27-16-7-8-17-18(13-16)28-20(23-17)24-19(25)21(9-11-26-12-10-21)14-3-5-15(22)6-4-14/h3-8,13H,2,9-12H2,1H3,(H,23,24,25). The van der Waals surface area contributed by atoms with Gasteiger partial charge in [-0.15, -0.1) is 0 Å². The number of hydrogen-bond acceptors (Lipinski definition) is 5. The smallest absolute Gasteiger partial charge is 0.236 e. The normalized spacial score (nSPS) is 16.1. The number of anilines is 1. The molecule has 1 aliphatic rings. The Labute approximate surface area is 176 Å². The van der Waals surface area contributed by atoms with Crippen molar-refractivity contribution in [1.29, 1.82) is 0 Å². The molecule has 0 aliphatic carbocycles. The van der Waals surface area contributed by atoms with Gasteiger partial charge < -0.3 is 14.8 Å². The molecule has 2 aromatic carbocycles. The number of hydrogen-bond donors (Lipinski definition) is 1. The Balaban J connectivity index is 1.62. The summed E-state index contributed by atoms with van der Waals surface area (Å²) in [5.41, 5.74) is 1.26. The van der Waals surface area contributed by atoms with E-state index in [1.165, 1.54) is 11.3 Å². The van der Waals surface area contributed by atoms with E-state index in [0.29, 0.717) is 37.8 Å². The molecule has 0 saturated carbocycles. The number of ether oxygens (including phenoxy) is 2. The van der Waals surface area contributed by atoms with E-state index in [9.17, 15) is 4.79 Å². The van der Waals surface area contributed by atoms with Crippen molar-refractivity contribution in [2.75, 3.05) is 25.1 Å². The number of benzene rings is 2. The predicted molar refractivity (Wildman–Crippen MR) is 115 cm³/mol. The highest BCUT2D eigenvalue weighted by Gasteiger charge is 2.42. The predicted octanol–water partition coefficient (Wildman–Crippen LogP) is 5.14. The molecule has 7 heteroatoms. The summed E-state index contributed by atoms with van der Waals surface area (Å²) in [6.07, 6.45) is 1.31. The number of aromatic nitrogens is 1. The number of carbonyl (C=O) groups excluding carboxylic acids is 1. The SMILES string of the molecule is CCOc1ccc2nc(NC(=O)C3(c4ccc(Br)cc4)CCOCC3)sc2c1. The number of nitrogens with one attached hydrogen (secondary N) is 1. The Kier molecular flexibility index (Phi) is 5.66. The minimum absolute atomic E-state index is 0.0257. The van der Waals surface area contributed by atoms with Crippen molar-refractivity contribution in [3.8, 4) is 5.75 Å². The van der Waals surface area contributed by atoms with E-state index in [0.717, 1.165) is 26.0 Å². The minimum atomic E-state index is -0.604. The van der Waals surface area contributed by atoms with E-state index in [-0.39, 0.29) is 5.91 Å². The van der Waals surface area contributed by atoms with Crippen LogP contribution in [0.4, 0.5) is 5.13 Å². The fourth-order valence-electron chi connectivity index (χ4n) is 3.57. The molecule has 3 aromatic rings. The van der Waals surface area contributed by atoms with Crippen LogP contribution in [0.3, 0.4) is 0 Å². The maximum absolute atomic E-state index is 13.4. The number of halogens is 1. The first-order valence-electron chi connectivity index (χ1n) is 9.29. The van der Waals surface area contributed by atoms with Gasteiger partial charge in [0.05, 0.1) is 22.2 Å². The number of rotatable bonds is 5. The molecule has 1 saturated heterocycles. The van der Waals surface area contributed by atoms with E-state index >= 15 is 0 Å². The molecule has 1 fully saturated rings. The van der Waals surface area contributed by atoms with Gasteiger partial charge in [-0.3, -0.25) is 4.79 Å². The summed E-state index contributed by atoms with van der Waals surface area (Å²) in [4.78, 5) is 18.0. The van der Waals surface area contributed by atoms with Gasteiger partial charge in [0.15, 0.2) is 5.13 Å². The molecule has 146 valence electrons. The van der Waals surface area contributed by atoms with Gasteiger partial charge in [-0.2, -0.15) is 0 Å². The highest BCUT2D eigenvalue weighted by atomic mass is 79.9. The maximum atomic E-state index is 13.4. The van der Waals surface area contributed by atoms with Crippen molar-refractivity contribution in [2.24, 2.45) is 0 Å². The van der Waals surface area contributed by atoms with Crippen molar-refractivity contribution in [3.63, 3.8) is 0 Å². The maximum Gasteiger partial charge on any atom is 0.236 e. The summed E-state index contributed by atoms with van der Waals surface area (Å²) in [7, 11) is 0. The van der Waals surface area contributed by atoms with Crippen LogP contribution >= 0.6 is 27.3 Å². The van der Waals surface area contributed by atoms with Crippen LogP contribution in [0.5, 0.6) is 5.75 Å². The molecule has 0 radical (unpaired) electrons. The summed E-state index contributed by atoms with van der Waals surface area (Å²) in [6, 6.07) is 13.8. The molecule has 0 atom stereocenters. The van der Waals surface area contributed by atoms with Crippen LogP contribution in [0.1, 0.15) is 25.3 Å². The summed E-state index contributed by atoms with van der Waals surface area (Å²) < 4.78 is 13.1. The first kappa shape index (κ1) is 19.4. The van der Waals surface area contributed by atoms with E-state index in [2.05, 4.69) is 26.2 Å². The Morgan fingerprint density at radius 2 is 2.00 bits per heavy atom. The monoisotopic (exact) mass is 460 g/mol. The summed E-state index contributed by atoms with van der Waals surface area (Å²) in [5, 5.41) is 3.67. The topological polar surface area (TPSA) is 60.5 Å². The molecular weight excluding hydrogens is 440 g/mol. The van der Waals surface area contributed by atoms with Gasteiger partial charge in [-0.05, 0) is 55.7 Å². The van der Waals surface area contributed by atoms with E-state index in [1.54, 1.807) is 0 Å². The van der Waals surface area contributed by atoms with Gasteiger partial charge in [0.1, 0.15) is 5.75 Å². The van der Waals surface area contributed by atoms with Crippen LogP contribution in [0.15, 0.2) is 46.9 Å². The van der Waals surface area contributed by atoms with Crippen LogP contribution in [0.25, 0.3) is 10.2 Å². The zero-order valence-electron chi connectivity index (χ0n) is 15.5. The third kappa shape index (κ3) is 3.79. The summed E-state index contributed by atoms with van der Waals surface area (Å²) in [5.74, 6) is 0.787. The van der Waals surface area contributed by atoms with Crippen LogP contribution in [0, 0.1) is 0 Å². The van der Waals surface area contributed by atoms with E-state index < -0.39 is 5.41 Å². The van der Waals surface area contributed by atoms with Crippen LogP contribution in [-0.4, -0.2) is 30.7 Å². The lowest BCUT2D eigenvalue weighted by Gasteiger charge is -2.36. The second-order valence-electron chi connectivity index (χ2n) is 6.74. The highest BCUT2D eigenvalue weighted by Crippen LogP contribution is 2.38. The summed E-state index contributed by atoms with van der Waals surface area (Å²) >= 11 is 4.93. The Morgan fingerprint density at radius 1 is 1.25 bits per heavy atom. The van der Waals surface area contributed by atoms with Gasteiger partial charge in [-0.1, -0.05) is 39.4 Å². The van der Waals surface area contributed by atoms with Crippen molar-refractivity contribution in [3.05, 3.63) is 52.5 Å². The first-order chi connectivity index (χ1) is 13.6. The van der Waals surface area contributed by atoms with Crippen molar-refractivity contribution >= 4 is 48.5 Å². The molecule has 0 unspecified atom stereocenters. The van der Waals surface area contributed by atoms with Gasteiger partial charge in [0, 0.05) is 17.7 Å². The fourth-order valence-corrected chi connectivity index (χ4v) is 4.72. The van der Waals surface area contributed by atoms with Crippen molar-refractivity contribution in [1.82, 2.24) is 4.98 Å². The van der Waals surface area contributed by atoms with Crippen molar-refractivity contribution < 1.29 is 14.3 Å². The second-order valence-corrected chi connectivity index (χ2v) is 8.68. The average molecular weight is 461 g/mol. The molecule has 1 aliphatic heterocycles. The third-order valence-electron chi connectivity index (χ3n) is 5.07. The van der Waals surface area contributed by atoms with Crippen LogP contribution in [-0.2, 0) is 14.9 Å². The van der Waals surface area contributed by atoms with Crippen LogP contribution in [0.2, 0.25) is 0 Å². The average Bonchev–Trinajstić information content (AvgIpc) is 3.11. The zero-order chi connectivity index (χ0) is 19.6. The minimum Gasteiger partial charge on any atom is -0.494 e. The number of fused-ring (bicyclic) bond motifs is 1. The molecule has 28 heavy (non-hydrogen) atoms. The lowest BCUT2D eigenvalue weighted by Crippen LogP contribution is -2.44. The van der Waals surface area contributed by atoms with Crippen molar-refractivity contribution in [2.45, 2.75) is 25.2 Å². The lowest BCUT2D eigenvalue weighted by molar-refractivity contribution is -0.125. The van der Waals surface area contributed by atoms with Gasteiger partial charge in [0.2, 0.25) is 5.91 Å². The summed E-state index contributed by atoms with van der Waals surface area (Å²) in [6.45, 7) is 3.71. The third-order valence-corrected chi connectivity index (χ3v) is 6.53. The number of nitrogens with zero attached hydrogens (tertiary/aromatic N) is 1. The Morgan fingerprint density at radius 3 is 2.71 bits per heavy atom. The van der Waals surface area contributed by atoms with E-state index in [1.807, 2.05) is 49.4 Å². The van der Waals surface area contributed by atoms with E-state index in [4.69, 9.17) is 9.47 Å². The highest BCUT2D eigenvalue weighted by molar-refractivity contribution is 9.10. The Hall–Kier alpha value is -1.96. The number of carbonyl (C=O) groups is 1. The van der Waals surface area contributed by atoms with Gasteiger partial charge >= 0.3 is 0 Å². The van der Waals surface area contributed by atoms with Gasteiger partial charge in [-0.25, -0.2) is 4.98 Å². The molecule has 4 rings (SSSR count). The molecule has 2 heterocycles. The zero-order valence-corrected chi connectivity index (χ0v) is 17.9. The molecule has 5 nitrogen and oxygen atoms in total. The molecular formula is C21H21BrN2O3S. The number of amides is 1. The molecule has 0 bridgehead atoms. The Bertz CT molecular complexity index is 981. The molecule has 1 amide bonds. The lowest BCUT2D eigenvalue weighted by atomic mass is 9.73. The van der Waals surface area contributed by atoms with Crippen LogP contribution < -0.4 is 10.1 Å². The molecule has 1 aromatic heterocycles. The molecule has 0 spiro atoms. The van der Waals surface area contributed by atoms with Gasteiger partial charge in [0.25, 0.3) is 0 Å². The number of thiazole rings is 1. The fraction of sp³-hybridized carbons (Fsp3) is 0.333. The largest absolute Gasteiger partial charge is 0.494 e.